The predicted molar refractivity (Wildman–Crippen MR) is 65.1 cm³/mol. The largest absolute Gasteiger partial charge is 0.375 e. The minimum Gasteiger partial charge on any atom is -0.375 e. The normalized spacial score (nSPS) is 31.2. The van der Waals surface area contributed by atoms with Gasteiger partial charge >= 0.3 is 0 Å². The molecule has 0 saturated heterocycles. The van der Waals surface area contributed by atoms with Crippen molar-refractivity contribution in [3.63, 3.8) is 0 Å². The third kappa shape index (κ3) is 4.98. The van der Waals surface area contributed by atoms with Gasteiger partial charge in [0.05, 0.1) is 12.2 Å². The Labute approximate surface area is 94.8 Å². The number of ether oxygens (including phenoxy) is 1. The summed E-state index contributed by atoms with van der Waals surface area (Å²) >= 11 is 0. The molecule has 0 amide bonds. The predicted octanol–water partition coefficient (Wildman–Crippen LogP) is 2.97. The molecule has 1 rings (SSSR count). The first-order valence-corrected chi connectivity index (χ1v) is 6.44. The molecule has 0 heterocycles. The first-order chi connectivity index (χ1) is 7.11. The van der Waals surface area contributed by atoms with Crippen LogP contribution >= 0.6 is 0 Å². The molecule has 4 atom stereocenters. The Morgan fingerprint density at radius 1 is 1.33 bits per heavy atom. The van der Waals surface area contributed by atoms with Gasteiger partial charge in [-0.25, -0.2) is 0 Å². The molecule has 0 bridgehead atoms. The summed E-state index contributed by atoms with van der Waals surface area (Å²) in [5.41, 5.74) is 0. The van der Waals surface area contributed by atoms with Gasteiger partial charge in [0.25, 0.3) is 0 Å². The van der Waals surface area contributed by atoms with Gasteiger partial charge in [-0.15, -0.1) is 0 Å². The van der Waals surface area contributed by atoms with E-state index in [2.05, 4.69) is 26.1 Å². The van der Waals surface area contributed by atoms with Crippen LogP contribution in [0.4, 0.5) is 0 Å². The zero-order chi connectivity index (χ0) is 11.3. The zero-order valence-corrected chi connectivity index (χ0v) is 10.8. The highest BCUT2D eigenvalue weighted by Gasteiger charge is 2.21. The minimum atomic E-state index is 0.391. The quantitative estimate of drug-likeness (QED) is 0.758. The Balaban J connectivity index is 2.21. The van der Waals surface area contributed by atoms with Crippen molar-refractivity contribution in [1.82, 2.24) is 5.32 Å². The van der Waals surface area contributed by atoms with Crippen molar-refractivity contribution in [2.24, 2.45) is 5.92 Å². The van der Waals surface area contributed by atoms with Crippen molar-refractivity contribution in [3.8, 4) is 0 Å². The highest BCUT2D eigenvalue weighted by molar-refractivity contribution is 4.72. The fraction of sp³-hybridized carbons (Fsp3) is 1.00. The second kappa shape index (κ2) is 6.49. The van der Waals surface area contributed by atoms with Crippen LogP contribution in [0.3, 0.4) is 0 Å². The van der Waals surface area contributed by atoms with Crippen LogP contribution in [-0.2, 0) is 4.74 Å². The molecule has 0 spiro atoms. The van der Waals surface area contributed by atoms with E-state index in [0.29, 0.717) is 18.2 Å². The van der Waals surface area contributed by atoms with E-state index in [4.69, 9.17) is 4.74 Å². The highest BCUT2D eigenvalue weighted by Crippen LogP contribution is 2.26. The minimum absolute atomic E-state index is 0.391. The van der Waals surface area contributed by atoms with E-state index >= 15 is 0 Å². The summed E-state index contributed by atoms with van der Waals surface area (Å²) in [4.78, 5) is 0. The lowest BCUT2D eigenvalue weighted by molar-refractivity contribution is -0.0361. The molecule has 15 heavy (non-hydrogen) atoms. The molecular weight excluding hydrogens is 186 g/mol. The Morgan fingerprint density at radius 2 is 2.07 bits per heavy atom. The number of nitrogens with one attached hydrogen (secondary N) is 1. The van der Waals surface area contributed by atoms with E-state index in [1.165, 1.54) is 25.7 Å². The molecule has 1 saturated carbocycles. The Hall–Kier alpha value is -0.0800. The van der Waals surface area contributed by atoms with Gasteiger partial charge in [-0.2, -0.15) is 0 Å². The van der Waals surface area contributed by atoms with E-state index in [1.54, 1.807) is 0 Å². The molecule has 1 fully saturated rings. The lowest BCUT2D eigenvalue weighted by Gasteiger charge is -2.30. The maximum Gasteiger partial charge on any atom is 0.0581 e. The fourth-order valence-electron chi connectivity index (χ4n) is 2.50. The van der Waals surface area contributed by atoms with Gasteiger partial charge in [-0.1, -0.05) is 19.8 Å². The third-order valence-electron chi connectivity index (χ3n) is 3.49. The molecule has 2 nitrogen and oxygen atoms in total. The first-order valence-electron chi connectivity index (χ1n) is 6.44. The van der Waals surface area contributed by atoms with Crippen LogP contribution in [0.25, 0.3) is 0 Å². The van der Waals surface area contributed by atoms with Gasteiger partial charge < -0.3 is 10.1 Å². The summed E-state index contributed by atoms with van der Waals surface area (Å²) in [5, 5.41) is 3.26. The Bertz CT molecular complexity index is 172. The molecule has 90 valence electrons. The second-order valence-electron chi connectivity index (χ2n) is 5.27. The van der Waals surface area contributed by atoms with Crippen molar-refractivity contribution in [2.75, 3.05) is 7.05 Å². The van der Waals surface area contributed by atoms with Crippen LogP contribution in [0.15, 0.2) is 0 Å². The van der Waals surface area contributed by atoms with E-state index in [1.807, 2.05) is 7.05 Å². The van der Waals surface area contributed by atoms with Crippen molar-refractivity contribution in [3.05, 3.63) is 0 Å². The monoisotopic (exact) mass is 213 g/mol. The van der Waals surface area contributed by atoms with Crippen LogP contribution in [0, 0.1) is 5.92 Å². The molecular formula is C13H27NO. The molecule has 0 aromatic rings. The van der Waals surface area contributed by atoms with Gasteiger partial charge in [0.1, 0.15) is 0 Å². The lowest BCUT2D eigenvalue weighted by atomic mass is 9.88. The van der Waals surface area contributed by atoms with E-state index in [0.717, 1.165) is 12.3 Å². The molecule has 0 aromatic carbocycles. The molecule has 1 aliphatic carbocycles. The molecule has 4 unspecified atom stereocenters. The standard InChI is InChI=1S/C13H27NO/c1-10-6-5-7-13(8-10)15-12(3)9-11(2)14-4/h10-14H,5-9H2,1-4H3. The summed E-state index contributed by atoms with van der Waals surface area (Å²) in [5.74, 6) is 0.859. The second-order valence-corrected chi connectivity index (χ2v) is 5.27. The van der Waals surface area contributed by atoms with Gasteiger partial charge in [-0.3, -0.25) is 0 Å². The first kappa shape index (κ1) is 13.0. The molecule has 2 heteroatoms. The van der Waals surface area contributed by atoms with Gasteiger partial charge in [-0.05, 0) is 46.1 Å². The molecule has 0 aromatic heterocycles. The molecule has 0 aliphatic heterocycles. The van der Waals surface area contributed by atoms with Crippen molar-refractivity contribution in [2.45, 2.75) is 71.1 Å². The summed E-state index contributed by atoms with van der Waals surface area (Å²) in [6, 6.07) is 0.556. The summed E-state index contributed by atoms with van der Waals surface area (Å²) in [6.45, 7) is 6.76. The maximum atomic E-state index is 6.09. The number of hydrogen-bond acceptors (Lipinski definition) is 2. The Kier molecular flexibility index (Phi) is 5.62. The van der Waals surface area contributed by atoms with Crippen LogP contribution in [0.2, 0.25) is 0 Å². The molecule has 1 N–H and O–H groups in total. The summed E-state index contributed by atoms with van der Waals surface area (Å²) < 4.78 is 6.09. The van der Waals surface area contributed by atoms with Crippen molar-refractivity contribution < 1.29 is 4.74 Å². The van der Waals surface area contributed by atoms with Crippen LogP contribution in [0.5, 0.6) is 0 Å². The van der Waals surface area contributed by atoms with Crippen LogP contribution in [-0.4, -0.2) is 25.3 Å². The van der Waals surface area contributed by atoms with E-state index < -0.39 is 0 Å². The third-order valence-corrected chi connectivity index (χ3v) is 3.49. The zero-order valence-electron chi connectivity index (χ0n) is 10.8. The van der Waals surface area contributed by atoms with Gasteiger partial charge in [0, 0.05) is 6.04 Å². The van der Waals surface area contributed by atoms with Crippen molar-refractivity contribution in [1.29, 1.82) is 0 Å². The SMILES string of the molecule is CNC(C)CC(C)OC1CCCC(C)C1. The smallest absolute Gasteiger partial charge is 0.0581 e. The number of hydrogen-bond donors (Lipinski definition) is 1. The fourth-order valence-corrected chi connectivity index (χ4v) is 2.50. The van der Waals surface area contributed by atoms with Crippen LogP contribution < -0.4 is 5.32 Å². The average Bonchev–Trinajstić information content (AvgIpc) is 2.17. The highest BCUT2D eigenvalue weighted by atomic mass is 16.5. The van der Waals surface area contributed by atoms with Crippen LogP contribution in [0.1, 0.15) is 52.9 Å². The lowest BCUT2D eigenvalue weighted by Crippen LogP contribution is -2.31. The maximum absolute atomic E-state index is 6.09. The van der Waals surface area contributed by atoms with Crippen molar-refractivity contribution >= 4 is 0 Å². The topological polar surface area (TPSA) is 21.3 Å². The number of rotatable bonds is 5. The molecule has 1 aliphatic rings. The van der Waals surface area contributed by atoms with Gasteiger partial charge in [0.2, 0.25) is 0 Å². The van der Waals surface area contributed by atoms with E-state index in [-0.39, 0.29) is 0 Å². The average molecular weight is 213 g/mol. The molecule has 0 radical (unpaired) electrons. The summed E-state index contributed by atoms with van der Waals surface area (Å²) in [7, 11) is 2.01. The van der Waals surface area contributed by atoms with Gasteiger partial charge in [0.15, 0.2) is 0 Å². The summed E-state index contributed by atoms with van der Waals surface area (Å²) in [6.07, 6.45) is 7.29. The Morgan fingerprint density at radius 3 is 2.67 bits per heavy atom. The van der Waals surface area contributed by atoms with E-state index in [9.17, 15) is 0 Å².